The van der Waals surface area contributed by atoms with Crippen molar-refractivity contribution in [2.45, 2.75) is 19.3 Å². The van der Waals surface area contributed by atoms with Crippen molar-refractivity contribution in [3.05, 3.63) is 42.7 Å². The molecule has 0 unspecified atom stereocenters. The van der Waals surface area contributed by atoms with E-state index in [1.165, 1.54) is 0 Å². The third kappa shape index (κ3) is 13.8. The van der Waals surface area contributed by atoms with Crippen molar-refractivity contribution in [2.24, 2.45) is 4.99 Å². The molecule has 0 saturated heterocycles. The molecule has 0 aliphatic carbocycles. The predicted molar refractivity (Wildman–Crippen MR) is 75.8 cm³/mol. The topological polar surface area (TPSA) is 12.4 Å². The van der Waals surface area contributed by atoms with Crippen LogP contribution >= 0.6 is 0 Å². The second-order valence-corrected chi connectivity index (χ2v) is 3.05. The number of nitrogens with zero attached hydrogens (tertiary/aromatic N) is 1. The first kappa shape index (κ1) is 14.8. The minimum absolute atomic E-state index is 0.752. The zero-order valence-electron chi connectivity index (χ0n) is 10.0. The van der Waals surface area contributed by atoms with Crippen LogP contribution in [0.3, 0.4) is 0 Å². The molecule has 0 spiro atoms. The Morgan fingerprint density at radius 3 is 2.88 bits per heavy atom. The first-order valence-corrected chi connectivity index (χ1v) is 5.50. The fraction of sp³-hybridized carbons (Fsp3) is 0.250. The molecule has 0 heterocycles. The van der Waals surface area contributed by atoms with E-state index >= 15 is 0 Å². The molecule has 0 aliphatic rings. The summed E-state index contributed by atoms with van der Waals surface area (Å²) >= 11 is 0. The molecule has 0 saturated carbocycles. The van der Waals surface area contributed by atoms with Crippen molar-refractivity contribution in [3.8, 4) is 24.2 Å². The van der Waals surface area contributed by atoms with E-state index in [0.29, 0.717) is 0 Å². The highest BCUT2D eigenvalue weighted by atomic mass is 14.7. The van der Waals surface area contributed by atoms with Crippen molar-refractivity contribution in [2.75, 3.05) is 6.54 Å². The molecule has 17 heavy (non-hydrogen) atoms. The minimum atomic E-state index is 0.752. The van der Waals surface area contributed by atoms with E-state index in [-0.39, 0.29) is 0 Å². The smallest absolute Gasteiger partial charge is 0.0711 e. The Kier molecular flexibility index (Phi) is 12.0. The highest BCUT2D eigenvalue weighted by molar-refractivity contribution is 5.78. The molecule has 1 nitrogen and oxygen atoms in total. The van der Waals surface area contributed by atoms with E-state index in [9.17, 15) is 0 Å². The molecule has 0 radical (unpaired) electrons. The van der Waals surface area contributed by atoms with Gasteiger partial charge in [-0.1, -0.05) is 42.6 Å². The minimum Gasteiger partial charge on any atom is -0.284 e. The maximum atomic E-state index is 5.05. The molecule has 0 bridgehead atoms. The molecule has 0 aromatic rings. The molecule has 0 aromatic heterocycles. The maximum absolute atomic E-state index is 5.05. The highest BCUT2D eigenvalue weighted by Crippen LogP contribution is 1.86. The van der Waals surface area contributed by atoms with E-state index in [4.69, 9.17) is 6.42 Å². The van der Waals surface area contributed by atoms with Crippen LogP contribution in [0.1, 0.15) is 19.3 Å². The lowest BCUT2D eigenvalue weighted by Gasteiger charge is -1.83. The number of aliphatic imine (C=N–C) groups is 1. The Morgan fingerprint density at radius 1 is 1.24 bits per heavy atom. The number of hydrogen-bond acceptors (Lipinski definition) is 1. The zero-order valence-corrected chi connectivity index (χ0v) is 10.0. The fourth-order valence-corrected chi connectivity index (χ4v) is 0.909. The van der Waals surface area contributed by atoms with Crippen molar-refractivity contribution >= 4 is 6.21 Å². The van der Waals surface area contributed by atoms with Crippen LogP contribution in [0.2, 0.25) is 0 Å². The van der Waals surface area contributed by atoms with Crippen LogP contribution in [0.25, 0.3) is 0 Å². The van der Waals surface area contributed by atoms with Gasteiger partial charge in [-0.3, -0.25) is 4.99 Å². The van der Waals surface area contributed by atoms with Gasteiger partial charge < -0.3 is 0 Å². The second-order valence-electron chi connectivity index (χ2n) is 3.05. The third-order valence-electron chi connectivity index (χ3n) is 1.68. The Morgan fingerprint density at radius 2 is 2.12 bits per heavy atom. The van der Waals surface area contributed by atoms with Gasteiger partial charge in [0, 0.05) is 13.0 Å². The van der Waals surface area contributed by atoms with Crippen molar-refractivity contribution in [1.82, 2.24) is 0 Å². The quantitative estimate of drug-likeness (QED) is 0.215. The van der Waals surface area contributed by atoms with Gasteiger partial charge in [0.25, 0.3) is 0 Å². The lowest BCUT2D eigenvalue weighted by Crippen LogP contribution is -1.77. The van der Waals surface area contributed by atoms with Crippen molar-refractivity contribution in [1.29, 1.82) is 0 Å². The molecular formula is C16H17N. The summed E-state index contributed by atoms with van der Waals surface area (Å²) in [5.41, 5.74) is 2.71. The van der Waals surface area contributed by atoms with Gasteiger partial charge in [-0.15, -0.1) is 12.2 Å². The summed E-state index contributed by atoms with van der Waals surface area (Å²) in [6, 6.07) is 0. The predicted octanol–water partition coefficient (Wildman–Crippen LogP) is 3.32. The van der Waals surface area contributed by atoms with Crippen LogP contribution in [0.15, 0.2) is 47.7 Å². The Bertz CT molecular complexity index is 413. The number of allylic oxidation sites excluding steroid dienone is 4. The van der Waals surface area contributed by atoms with E-state index in [1.807, 2.05) is 24.3 Å². The molecule has 86 valence electrons. The molecule has 0 N–H and O–H groups in total. The monoisotopic (exact) mass is 223 g/mol. The molecular weight excluding hydrogens is 206 g/mol. The molecule has 0 amide bonds. The Balaban J connectivity index is 3.54. The highest BCUT2D eigenvalue weighted by Gasteiger charge is 1.75. The largest absolute Gasteiger partial charge is 0.284 e. The van der Waals surface area contributed by atoms with Gasteiger partial charge in [0.1, 0.15) is 0 Å². The van der Waals surface area contributed by atoms with Crippen LogP contribution in [0, 0.1) is 24.2 Å². The molecule has 0 atom stereocenters. The standard InChI is InChI=1S/C16H17N/c1-3-5-7-9-11-13-15-17-16-14-12-10-8-6-4-2/h1,5-7,9,11,16H,2,8,10,13,15H2/b7-5-,11-9-,17-16-. The normalized spacial score (nSPS) is 10.1. The van der Waals surface area contributed by atoms with Crippen LogP contribution in [0.5, 0.6) is 0 Å². The van der Waals surface area contributed by atoms with E-state index in [2.05, 4.69) is 35.1 Å². The average Bonchev–Trinajstić information content (AvgIpc) is 2.35. The van der Waals surface area contributed by atoms with Gasteiger partial charge in [0.15, 0.2) is 0 Å². The van der Waals surface area contributed by atoms with Gasteiger partial charge in [-0.05, 0) is 25.0 Å². The van der Waals surface area contributed by atoms with Gasteiger partial charge in [0.05, 0.1) is 6.21 Å². The van der Waals surface area contributed by atoms with E-state index in [0.717, 1.165) is 25.8 Å². The number of terminal acetylenes is 1. The summed E-state index contributed by atoms with van der Waals surface area (Å²) in [4.78, 5) is 4.15. The zero-order chi connectivity index (χ0) is 12.6. The van der Waals surface area contributed by atoms with Crippen molar-refractivity contribution in [3.63, 3.8) is 0 Å². The first-order valence-electron chi connectivity index (χ1n) is 5.50. The first-order chi connectivity index (χ1) is 8.41. The van der Waals surface area contributed by atoms with Crippen molar-refractivity contribution < 1.29 is 0 Å². The molecule has 0 rings (SSSR count). The Labute approximate surface area is 104 Å². The summed E-state index contributed by atoms with van der Waals surface area (Å²) in [6.45, 7) is 4.23. The van der Waals surface area contributed by atoms with Crippen LogP contribution < -0.4 is 0 Å². The summed E-state index contributed by atoms with van der Waals surface area (Å²) in [6.07, 6.45) is 18.6. The SMILES string of the molecule is C#C/C=C\C=C/CC/N=C\C#CCCC=C=C. The number of rotatable bonds is 6. The van der Waals surface area contributed by atoms with Gasteiger partial charge >= 0.3 is 0 Å². The average molecular weight is 223 g/mol. The van der Waals surface area contributed by atoms with E-state index < -0.39 is 0 Å². The van der Waals surface area contributed by atoms with Gasteiger partial charge in [-0.25, -0.2) is 0 Å². The van der Waals surface area contributed by atoms with Crippen LogP contribution in [-0.2, 0) is 0 Å². The molecule has 1 heteroatoms. The second kappa shape index (κ2) is 13.8. The number of unbranched alkanes of at least 4 members (excludes halogenated alkanes) is 1. The third-order valence-corrected chi connectivity index (χ3v) is 1.68. The van der Waals surface area contributed by atoms with Crippen LogP contribution in [-0.4, -0.2) is 12.8 Å². The summed E-state index contributed by atoms with van der Waals surface area (Å²) < 4.78 is 0. The summed E-state index contributed by atoms with van der Waals surface area (Å²) in [7, 11) is 0. The van der Waals surface area contributed by atoms with Gasteiger partial charge in [0.2, 0.25) is 0 Å². The van der Waals surface area contributed by atoms with Crippen LogP contribution in [0.4, 0.5) is 0 Å². The maximum Gasteiger partial charge on any atom is 0.0711 e. The number of hydrogen-bond donors (Lipinski definition) is 0. The van der Waals surface area contributed by atoms with E-state index in [1.54, 1.807) is 12.3 Å². The lowest BCUT2D eigenvalue weighted by atomic mass is 10.3. The summed E-state index contributed by atoms with van der Waals surface area (Å²) in [5, 5.41) is 0. The molecule has 0 aliphatic heterocycles. The molecule has 0 fully saturated rings. The van der Waals surface area contributed by atoms with Gasteiger partial charge in [-0.2, -0.15) is 0 Å². The Hall–Kier alpha value is -2.21. The fourth-order valence-electron chi connectivity index (χ4n) is 0.909. The summed E-state index contributed by atoms with van der Waals surface area (Å²) in [5.74, 6) is 8.29. The lowest BCUT2D eigenvalue weighted by molar-refractivity contribution is 1.01. The molecule has 0 aromatic carbocycles.